The van der Waals surface area contributed by atoms with E-state index in [1.165, 1.54) is 12.1 Å². The predicted octanol–water partition coefficient (Wildman–Crippen LogP) is 3.43. The first-order chi connectivity index (χ1) is 11.4. The van der Waals surface area contributed by atoms with Gasteiger partial charge in [-0.3, -0.25) is 4.79 Å². The first-order valence-corrected chi connectivity index (χ1v) is 8.55. The average Bonchev–Trinajstić information content (AvgIpc) is 2.56. The number of aldehydes is 1. The molecule has 0 unspecified atom stereocenters. The second kappa shape index (κ2) is 5.98. The summed E-state index contributed by atoms with van der Waals surface area (Å²) in [5.74, 6) is -0.449. The van der Waals surface area contributed by atoms with Gasteiger partial charge in [-0.05, 0) is 30.0 Å². The molecule has 0 aliphatic carbocycles. The molecule has 0 saturated heterocycles. The molecule has 0 atom stereocenters. The number of carbonyl (C=O) groups is 1. The monoisotopic (exact) mass is 342 g/mol. The lowest BCUT2D eigenvalue weighted by atomic mass is 10.1. The molecule has 0 aliphatic heterocycles. The van der Waals surface area contributed by atoms with Crippen molar-refractivity contribution >= 4 is 27.2 Å². The second-order valence-electron chi connectivity index (χ2n) is 5.28. The number of phenolic OH excluding ortho intramolecular Hbond substituents is 1. The Morgan fingerprint density at radius 2 is 1.75 bits per heavy atom. The summed E-state index contributed by atoms with van der Waals surface area (Å²) >= 11 is 0. The molecule has 0 heterocycles. The maximum absolute atomic E-state index is 12.8. The van der Waals surface area contributed by atoms with Crippen LogP contribution in [-0.2, 0) is 10.1 Å². The van der Waals surface area contributed by atoms with E-state index in [0.717, 1.165) is 0 Å². The molecule has 1 N–H and O–H groups in total. The number of para-hydroxylation sites is 1. The first kappa shape index (κ1) is 16.0. The van der Waals surface area contributed by atoms with Crippen LogP contribution in [-0.4, -0.2) is 19.8 Å². The van der Waals surface area contributed by atoms with Crippen LogP contribution in [0.3, 0.4) is 0 Å². The molecule has 6 heteroatoms. The number of hydrogen-bond acceptors (Lipinski definition) is 5. The smallest absolute Gasteiger partial charge is 0.343 e. The normalized spacial score (nSPS) is 11.4. The van der Waals surface area contributed by atoms with Crippen LogP contribution >= 0.6 is 0 Å². The predicted molar refractivity (Wildman–Crippen MR) is 90.0 cm³/mol. The van der Waals surface area contributed by atoms with Gasteiger partial charge in [-0.25, -0.2) is 0 Å². The minimum Gasteiger partial charge on any atom is -0.506 e. The lowest BCUT2D eigenvalue weighted by Crippen LogP contribution is -2.12. The number of aromatic hydroxyl groups is 1. The van der Waals surface area contributed by atoms with Crippen LogP contribution in [0, 0.1) is 6.92 Å². The Morgan fingerprint density at radius 1 is 1.00 bits per heavy atom. The Bertz CT molecular complexity index is 1040. The zero-order chi connectivity index (χ0) is 17.3. The molecule has 0 aromatic heterocycles. The van der Waals surface area contributed by atoms with Crippen LogP contribution in [0.1, 0.15) is 15.9 Å². The number of phenols is 1. The lowest BCUT2D eigenvalue weighted by Gasteiger charge is -2.13. The molecule has 3 aromatic carbocycles. The van der Waals surface area contributed by atoms with E-state index >= 15 is 0 Å². The van der Waals surface area contributed by atoms with E-state index in [0.29, 0.717) is 22.6 Å². The number of rotatable bonds is 4. The Kier molecular flexibility index (Phi) is 3.99. The highest BCUT2D eigenvalue weighted by Gasteiger charge is 2.26. The molecule has 3 rings (SSSR count). The van der Waals surface area contributed by atoms with Crippen LogP contribution in [0.15, 0.2) is 59.5 Å². The lowest BCUT2D eigenvalue weighted by molar-refractivity contribution is 0.112. The third-order valence-corrected chi connectivity index (χ3v) is 4.99. The number of fused-ring (bicyclic) bond motifs is 1. The van der Waals surface area contributed by atoms with Gasteiger partial charge in [0.25, 0.3) is 0 Å². The molecule has 5 nitrogen and oxygen atoms in total. The van der Waals surface area contributed by atoms with E-state index in [-0.39, 0.29) is 16.2 Å². The van der Waals surface area contributed by atoms with Crippen LogP contribution in [0.5, 0.6) is 11.5 Å². The topological polar surface area (TPSA) is 80.7 Å². The molecule has 0 amide bonds. The van der Waals surface area contributed by atoms with Gasteiger partial charge in [-0.15, -0.1) is 0 Å². The molecule has 0 fully saturated rings. The highest BCUT2D eigenvalue weighted by molar-refractivity contribution is 7.87. The summed E-state index contributed by atoms with van der Waals surface area (Å²) < 4.78 is 30.7. The highest BCUT2D eigenvalue weighted by atomic mass is 32.2. The van der Waals surface area contributed by atoms with Crippen molar-refractivity contribution < 1.29 is 22.5 Å². The summed E-state index contributed by atoms with van der Waals surface area (Å²) in [7, 11) is -4.33. The van der Waals surface area contributed by atoms with Crippen molar-refractivity contribution in [1.82, 2.24) is 0 Å². The van der Waals surface area contributed by atoms with Gasteiger partial charge in [-0.1, -0.05) is 42.5 Å². The molecule has 0 bridgehead atoms. The van der Waals surface area contributed by atoms with Crippen LogP contribution < -0.4 is 4.18 Å². The van der Waals surface area contributed by atoms with E-state index in [9.17, 15) is 18.3 Å². The Labute approximate surface area is 139 Å². The van der Waals surface area contributed by atoms with Gasteiger partial charge in [0.15, 0.2) is 16.9 Å². The fraction of sp³-hybridized carbons (Fsp3) is 0.0556. The van der Waals surface area contributed by atoms with Gasteiger partial charge >= 0.3 is 10.1 Å². The fourth-order valence-electron chi connectivity index (χ4n) is 2.53. The first-order valence-electron chi connectivity index (χ1n) is 7.14. The van der Waals surface area contributed by atoms with E-state index in [4.69, 9.17) is 4.18 Å². The van der Waals surface area contributed by atoms with Crippen LogP contribution in [0.25, 0.3) is 10.8 Å². The van der Waals surface area contributed by atoms with Gasteiger partial charge in [0.1, 0.15) is 5.75 Å². The Morgan fingerprint density at radius 3 is 2.50 bits per heavy atom. The summed E-state index contributed by atoms with van der Waals surface area (Å²) in [4.78, 5) is 10.8. The van der Waals surface area contributed by atoms with E-state index < -0.39 is 15.9 Å². The molecule has 24 heavy (non-hydrogen) atoms. The molecule has 0 saturated carbocycles. The van der Waals surface area contributed by atoms with Crippen molar-refractivity contribution in [3.05, 3.63) is 65.7 Å². The highest BCUT2D eigenvalue weighted by Crippen LogP contribution is 2.34. The molecule has 3 aromatic rings. The minimum absolute atomic E-state index is 0.0418. The number of hydrogen-bond donors (Lipinski definition) is 1. The van der Waals surface area contributed by atoms with Crippen molar-refractivity contribution in [3.63, 3.8) is 0 Å². The van der Waals surface area contributed by atoms with Crippen LogP contribution in [0.2, 0.25) is 0 Å². The Balaban J connectivity index is 2.20. The maximum atomic E-state index is 12.8. The van der Waals surface area contributed by atoms with Crippen molar-refractivity contribution in [2.24, 2.45) is 0 Å². The second-order valence-corrected chi connectivity index (χ2v) is 6.77. The van der Waals surface area contributed by atoms with Gasteiger partial charge in [0, 0.05) is 5.39 Å². The van der Waals surface area contributed by atoms with E-state index in [1.807, 2.05) is 0 Å². The molecule has 122 valence electrons. The molecule has 0 aliphatic rings. The molecule has 0 spiro atoms. The summed E-state index contributed by atoms with van der Waals surface area (Å²) in [6, 6.07) is 14.4. The summed E-state index contributed by atoms with van der Waals surface area (Å²) in [5.41, 5.74) is 0.626. The molecule has 0 radical (unpaired) electrons. The van der Waals surface area contributed by atoms with Gasteiger partial charge in [-0.2, -0.15) is 8.42 Å². The van der Waals surface area contributed by atoms with Crippen molar-refractivity contribution in [2.45, 2.75) is 11.8 Å². The minimum atomic E-state index is -4.33. The zero-order valence-electron chi connectivity index (χ0n) is 12.8. The van der Waals surface area contributed by atoms with Gasteiger partial charge < -0.3 is 9.29 Å². The molecular formula is C18H14O5S. The zero-order valence-corrected chi connectivity index (χ0v) is 13.6. The van der Waals surface area contributed by atoms with Crippen molar-refractivity contribution in [1.29, 1.82) is 0 Å². The van der Waals surface area contributed by atoms with Gasteiger partial charge in [0.05, 0.1) is 5.56 Å². The third kappa shape index (κ3) is 2.72. The third-order valence-electron chi connectivity index (χ3n) is 3.67. The summed E-state index contributed by atoms with van der Waals surface area (Å²) in [6.45, 7) is 1.64. The number of aryl methyl sites for hydroxylation is 1. The van der Waals surface area contributed by atoms with E-state index in [1.54, 1.807) is 49.4 Å². The van der Waals surface area contributed by atoms with Crippen molar-refractivity contribution in [2.75, 3.05) is 0 Å². The van der Waals surface area contributed by atoms with Gasteiger partial charge in [0.2, 0.25) is 0 Å². The number of carbonyl (C=O) groups excluding carboxylic acids is 1. The van der Waals surface area contributed by atoms with Crippen LogP contribution in [0.4, 0.5) is 0 Å². The van der Waals surface area contributed by atoms with Crippen molar-refractivity contribution in [3.8, 4) is 11.5 Å². The summed E-state index contributed by atoms with van der Waals surface area (Å²) in [6.07, 6.45) is 0.529. The fourth-order valence-corrected chi connectivity index (χ4v) is 3.84. The SMILES string of the molecule is Cc1cccc(C=O)c1OS(=O)(=O)c1c(O)ccc2ccccc12. The summed E-state index contributed by atoms with van der Waals surface area (Å²) in [5, 5.41) is 11.1. The Hall–Kier alpha value is -2.86. The standard InChI is InChI=1S/C18H14O5S/c1-12-5-4-7-14(11-19)17(12)23-24(21,22)18-15-8-3-2-6-13(15)9-10-16(18)20/h2-11,20H,1H3. The number of benzene rings is 3. The molecular weight excluding hydrogens is 328 g/mol. The quantitative estimate of drug-likeness (QED) is 0.580. The maximum Gasteiger partial charge on any atom is 0.343 e. The average molecular weight is 342 g/mol. The largest absolute Gasteiger partial charge is 0.506 e. The van der Waals surface area contributed by atoms with E-state index in [2.05, 4.69) is 0 Å².